The quantitative estimate of drug-likeness (QED) is 0.901. The van der Waals surface area contributed by atoms with E-state index in [-0.39, 0.29) is 0 Å². The molecule has 2 rings (SSSR count). The van der Waals surface area contributed by atoms with Gasteiger partial charge in [-0.1, -0.05) is 0 Å². The smallest absolute Gasteiger partial charge is 0.125 e. The molecule has 2 heterocycles. The van der Waals surface area contributed by atoms with Gasteiger partial charge in [0.05, 0.1) is 35.2 Å². The molecule has 0 aliphatic carbocycles. The van der Waals surface area contributed by atoms with Crippen LogP contribution in [-0.2, 0) is 18.3 Å². The van der Waals surface area contributed by atoms with E-state index in [9.17, 15) is 5.11 Å². The molecule has 0 bridgehead atoms. The highest BCUT2D eigenvalue weighted by Crippen LogP contribution is 2.29. The second-order valence-corrected chi connectivity index (χ2v) is 5.19. The third-order valence-corrected chi connectivity index (χ3v) is 3.56. The highest BCUT2D eigenvalue weighted by molar-refractivity contribution is 9.10. The number of rotatable bonds is 5. The maximum atomic E-state index is 10.6. The summed E-state index contributed by atoms with van der Waals surface area (Å²) >= 11 is 3.43. The molecule has 0 radical (unpaired) electrons. The molecule has 0 amide bonds. The van der Waals surface area contributed by atoms with Crippen molar-refractivity contribution in [2.24, 2.45) is 7.05 Å². The third kappa shape index (κ3) is 2.88. The van der Waals surface area contributed by atoms with Crippen LogP contribution in [0.3, 0.4) is 0 Å². The Bertz CT molecular complexity index is 564. The number of aliphatic hydroxyl groups is 1. The zero-order valence-corrected chi connectivity index (χ0v) is 12.8. The second kappa shape index (κ2) is 5.85. The minimum Gasteiger partial charge on any atom is -0.383 e. The maximum absolute atomic E-state index is 10.6. The van der Waals surface area contributed by atoms with Crippen LogP contribution in [0.2, 0.25) is 0 Å². The van der Waals surface area contributed by atoms with Crippen molar-refractivity contribution in [2.75, 3.05) is 13.7 Å². The summed E-state index contributed by atoms with van der Waals surface area (Å²) in [7, 11) is 3.47. The molecule has 1 unspecified atom stereocenters. The Morgan fingerprint density at radius 2 is 2.26 bits per heavy atom. The molecule has 2 aromatic heterocycles. The third-order valence-electron chi connectivity index (χ3n) is 2.95. The number of hydrogen-bond donors (Lipinski definition) is 1. The van der Waals surface area contributed by atoms with Gasteiger partial charge in [-0.2, -0.15) is 10.2 Å². The first kappa shape index (κ1) is 14.2. The average molecular weight is 329 g/mol. The number of halogens is 1. The Balaban J connectivity index is 2.35. The van der Waals surface area contributed by atoms with Crippen LogP contribution >= 0.6 is 15.9 Å². The van der Waals surface area contributed by atoms with Gasteiger partial charge in [0.25, 0.3) is 0 Å². The highest BCUT2D eigenvalue weighted by Gasteiger charge is 2.22. The van der Waals surface area contributed by atoms with E-state index < -0.39 is 6.10 Å². The van der Waals surface area contributed by atoms with Gasteiger partial charge in [0.1, 0.15) is 6.10 Å². The highest BCUT2D eigenvalue weighted by atomic mass is 79.9. The molecule has 1 atom stereocenters. The number of nitrogens with zero attached hydrogens (tertiary/aromatic N) is 4. The molecule has 0 aromatic carbocycles. The number of ether oxygens (including phenoxy) is 1. The Labute approximate surface area is 120 Å². The SMILES string of the molecule is COCCn1ncc(Br)c1C(O)c1cn(C)nc1C. The van der Waals surface area contributed by atoms with E-state index in [4.69, 9.17) is 4.74 Å². The van der Waals surface area contributed by atoms with Crippen LogP contribution in [0.1, 0.15) is 23.1 Å². The molecule has 104 valence electrons. The lowest BCUT2D eigenvalue weighted by atomic mass is 10.1. The van der Waals surface area contributed by atoms with Crippen LogP contribution in [0.15, 0.2) is 16.9 Å². The molecule has 0 aliphatic heterocycles. The lowest BCUT2D eigenvalue weighted by molar-refractivity contribution is 0.171. The van der Waals surface area contributed by atoms with Gasteiger partial charge in [0.15, 0.2) is 0 Å². The monoisotopic (exact) mass is 328 g/mol. The van der Waals surface area contributed by atoms with E-state index in [2.05, 4.69) is 26.1 Å². The first-order valence-corrected chi connectivity index (χ1v) is 6.72. The molecular weight excluding hydrogens is 312 g/mol. The summed E-state index contributed by atoms with van der Waals surface area (Å²) in [6, 6.07) is 0. The molecule has 19 heavy (non-hydrogen) atoms. The normalized spacial score (nSPS) is 12.9. The maximum Gasteiger partial charge on any atom is 0.125 e. The van der Waals surface area contributed by atoms with Crippen molar-refractivity contribution in [3.63, 3.8) is 0 Å². The van der Waals surface area contributed by atoms with Gasteiger partial charge in [0.2, 0.25) is 0 Å². The lowest BCUT2D eigenvalue weighted by Gasteiger charge is -2.13. The van der Waals surface area contributed by atoms with Crippen molar-refractivity contribution in [3.8, 4) is 0 Å². The van der Waals surface area contributed by atoms with Gasteiger partial charge >= 0.3 is 0 Å². The van der Waals surface area contributed by atoms with E-state index in [1.54, 1.807) is 22.7 Å². The van der Waals surface area contributed by atoms with Gasteiger partial charge < -0.3 is 9.84 Å². The van der Waals surface area contributed by atoms with Gasteiger partial charge in [-0.15, -0.1) is 0 Å². The van der Waals surface area contributed by atoms with Crippen LogP contribution in [0.5, 0.6) is 0 Å². The van der Waals surface area contributed by atoms with Crippen molar-refractivity contribution in [1.29, 1.82) is 0 Å². The summed E-state index contributed by atoms with van der Waals surface area (Å²) in [5.74, 6) is 0. The van der Waals surface area contributed by atoms with Crippen LogP contribution in [0.25, 0.3) is 0 Å². The fraction of sp³-hybridized carbons (Fsp3) is 0.500. The standard InChI is InChI=1S/C12H17BrN4O2/c1-8-9(7-16(2)15-8)12(18)11-10(13)6-14-17(11)4-5-19-3/h6-7,12,18H,4-5H2,1-3H3. The summed E-state index contributed by atoms with van der Waals surface area (Å²) in [6.07, 6.45) is 2.74. The zero-order valence-electron chi connectivity index (χ0n) is 11.2. The molecule has 0 fully saturated rings. The van der Waals surface area contributed by atoms with Gasteiger partial charge in [-0.3, -0.25) is 9.36 Å². The molecule has 7 heteroatoms. The number of hydrogen-bond acceptors (Lipinski definition) is 4. The minimum absolute atomic E-state index is 0.542. The van der Waals surface area contributed by atoms with E-state index in [1.165, 1.54) is 0 Å². The lowest BCUT2D eigenvalue weighted by Crippen LogP contribution is -2.14. The molecule has 0 saturated carbocycles. The van der Waals surface area contributed by atoms with Crippen molar-refractivity contribution in [1.82, 2.24) is 19.6 Å². The molecule has 1 N–H and O–H groups in total. The second-order valence-electron chi connectivity index (χ2n) is 4.34. The Morgan fingerprint density at radius 3 is 2.84 bits per heavy atom. The summed E-state index contributed by atoms with van der Waals surface area (Å²) in [5.41, 5.74) is 2.30. The van der Waals surface area contributed by atoms with Crippen LogP contribution < -0.4 is 0 Å². The van der Waals surface area contributed by atoms with Crippen molar-refractivity contribution in [2.45, 2.75) is 19.6 Å². The predicted octanol–water partition coefficient (Wildman–Crippen LogP) is 1.42. The van der Waals surface area contributed by atoms with Crippen LogP contribution in [-0.4, -0.2) is 38.4 Å². The minimum atomic E-state index is -0.762. The largest absolute Gasteiger partial charge is 0.383 e. The molecular formula is C12H17BrN4O2. The molecule has 2 aromatic rings. The van der Waals surface area contributed by atoms with Crippen molar-refractivity contribution in [3.05, 3.63) is 33.8 Å². The number of aryl methyl sites for hydroxylation is 2. The summed E-state index contributed by atoms with van der Waals surface area (Å²) < 4.78 is 9.26. The molecule has 0 saturated heterocycles. The van der Waals surface area contributed by atoms with E-state index in [0.717, 1.165) is 15.7 Å². The van der Waals surface area contributed by atoms with Crippen LogP contribution in [0.4, 0.5) is 0 Å². The van der Waals surface area contributed by atoms with Crippen LogP contribution in [0, 0.1) is 6.92 Å². The Morgan fingerprint density at radius 1 is 1.53 bits per heavy atom. The number of aliphatic hydroxyl groups excluding tert-OH is 1. The Kier molecular flexibility index (Phi) is 4.38. The van der Waals surface area contributed by atoms with Crippen molar-refractivity contribution < 1.29 is 9.84 Å². The molecule has 6 nitrogen and oxygen atoms in total. The fourth-order valence-corrected chi connectivity index (χ4v) is 2.55. The summed E-state index contributed by atoms with van der Waals surface area (Å²) in [6.45, 7) is 3.01. The number of methoxy groups -OCH3 is 1. The van der Waals surface area contributed by atoms with Crippen molar-refractivity contribution >= 4 is 15.9 Å². The molecule has 0 spiro atoms. The first-order valence-electron chi connectivity index (χ1n) is 5.93. The van der Waals surface area contributed by atoms with E-state index >= 15 is 0 Å². The number of aromatic nitrogens is 4. The topological polar surface area (TPSA) is 65.1 Å². The summed E-state index contributed by atoms with van der Waals surface area (Å²) in [5, 5.41) is 19.0. The van der Waals surface area contributed by atoms with Gasteiger partial charge in [-0.25, -0.2) is 0 Å². The fourth-order valence-electron chi connectivity index (χ4n) is 2.03. The zero-order chi connectivity index (χ0) is 14.0. The predicted molar refractivity (Wildman–Crippen MR) is 73.8 cm³/mol. The van der Waals surface area contributed by atoms with Gasteiger partial charge in [-0.05, 0) is 22.9 Å². The Hall–Kier alpha value is -1.18. The van der Waals surface area contributed by atoms with Gasteiger partial charge in [0, 0.05) is 25.9 Å². The first-order chi connectivity index (χ1) is 9.04. The molecule has 0 aliphatic rings. The average Bonchev–Trinajstić information content (AvgIpc) is 2.89. The van der Waals surface area contributed by atoms with E-state index in [1.807, 2.05) is 20.2 Å². The summed E-state index contributed by atoms with van der Waals surface area (Å²) in [4.78, 5) is 0. The van der Waals surface area contributed by atoms with E-state index in [0.29, 0.717) is 18.8 Å².